The molecule has 3 rings (SSSR count). The molecule has 0 saturated carbocycles. The van der Waals surface area contributed by atoms with Gasteiger partial charge in [0, 0.05) is 25.3 Å². The van der Waals surface area contributed by atoms with E-state index < -0.39 is 5.60 Å². The van der Waals surface area contributed by atoms with Crippen LogP contribution >= 0.6 is 11.8 Å². The fourth-order valence-corrected chi connectivity index (χ4v) is 4.05. The van der Waals surface area contributed by atoms with E-state index in [0.29, 0.717) is 5.92 Å². The van der Waals surface area contributed by atoms with Gasteiger partial charge in [-0.05, 0) is 51.4 Å². The molecule has 0 aliphatic carbocycles. The van der Waals surface area contributed by atoms with E-state index in [0.717, 1.165) is 45.4 Å². The molecule has 0 radical (unpaired) electrons. The molecule has 3 aliphatic heterocycles. The summed E-state index contributed by atoms with van der Waals surface area (Å²) >= 11 is 1.75. The van der Waals surface area contributed by atoms with Gasteiger partial charge in [-0.1, -0.05) is 11.8 Å². The van der Waals surface area contributed by atoms with Crippen molar-refractivity contribution >= 4 is 23.0 Å². The van der Waals surface area contributed by atoms with Crippen molar-refractivity contribution in [2.75, 3.05) is 26.2 Å². The third-order valence-corrected chi connectivity index (χ3v) is 5.16. The molecule has 3 heterocycles. The first kappa shape index (κ1) is 15.7. The number of fused-ring (bicyclic) bond motifs is 1. The van der Waals surface area contributed by atoms with Crippen LogP contribution in [0.4, 0.5) is 4.79 Å². The predicted octanol–water partition coefficient (Wildman–Crippen LogP) is 3.28. The van der Waals surface area contributed by atoms with E-state index in [1.807, 2.05) is 25.7 Å². The average Bonchev–Trinajstić information content (AvgIpc) is 3.02. The first-order valence-electron chi connectivity index (χ1n) is 8.08. The normalized spacial score (nSPS) is 22.5. The van der Waals surface area contributed by atoms with Crippen molar-refractivity contribution in [3.05, 3.63) is 11.1 Å². The van der Waals surface area contributed by atoms with E-state index in [4.69, 9.17) is 4.74 Å². The molecule has 1 saturated heterocycles. The highest BCUT2D eigenvalue weighted by molar-refractivity contribution is 8.16. The van der Waals surface area contributed by atoms with Crippen molar-refractivity contribution in [2.45, 2.75) is 45.6 Å². The van der Waals surface area contributed by atoms with E-state index in [1.165, 1.54) is 10.9 Å². The molecule has 22 heavy (non-hydrogen) atoms. The van der Waals surface area contributed by atoms with E-state index in [-0.39, 0.29) is 6.09 Å². The van der Waals surface area contributed by atoms with Gasteiger partial charge in [0.15, 0.2) is 5.17 Å². The Morgan fingerprint density at radius 3 is 2.77 bits per heavy atom. The number of allylic oxidation sites excluding steroid dienone is 1. The number of likely N-dealkylation sites (tertiary alicyclic amines) is 1. The second-order valence-corrected chi connectivity index (χ2v) is 7.99. The van der Waals surface area contributed by atoms with Gasteiger partial charge in [0.25, 0.3) is 0 Å². The molecule has 3 aliphatic rings. The maximum atomic E-state index is 12.1. The quantitative estimate of drug-likeness (QED) is 0.782. The zero-order chi connectivity index (χ0) is 15.7. The summed E-state index contributed by atoms with van der Waals surface area (Å²) in [5.74, 6) is 0.658. The Morgan fingerprint density at radius 2 is 2.09 bits per heavy atom. The minimum Gasteiger partial charge on any atom is -0.444 e. The minimum absolute atomic E-state index is 0.171. The first-order chi connectivity index (χ1) is 10.4. The Kier molecular flexibility index (Phi) is 4.39. The maximum Gasteiger partial charge on any atom is 0.410 e. The van der Waals surface area contributed by atoms with Gasteiger partial charge in [-0.3, -0.25) is 4.99 Å². The van der Waals surface area contributed by atoms with Gasteiger partial charge in [-0.2, -0.15) is 0 Å². The summed E-state index contributed by atoms with van der Waals surface area (Å²) in [7, 11) is 0. The summed E-state index contributed by atoms with van der Waals surface area (Å²) in [6, 6.07) is 0. The number of thioether (sulfide) groups is 1. The summed E-state index contributed by atoms with van der Waals surface area (Å²) < 4.78 is 5.45. The van der Waals surface area contributed by atoms with Crippen LogP contribution in [-0.2, 0) is 4.74 Å². The van der Waals surface area contributed by atoms with Gasteiger partial charge in [0.05, 0.1) is 6.54 Å². The molecule has 0 N–H and O–H groups in total. The average molecular weight is 323 g/mol. The monoisotopic (exact) mass is 323 g/mol. The fraction of sp³-hybridized carbons (Fsp3) is 0.750. The molecule has 0 spiro atoms. The second-order valence-electron chi connectivity index (χ2n) is 7.16. The number of carbonyl (C=O) groups excluding carboxylic acids is 1. The highest BCUT2D eigenvalue weighted by Crippen LogP contribution is 2.35. The van der Waals surface area contributed by atoms with Crippen molar-refractivity contribution in [3.63, 3.8) is 0 Å². The van der Waals surface area contributed by atoms with E-state index in [9.17, 15) is 4.79 Å². The van der Waals surface area contributed by atoms with Crippen molar-refractivity contribution in [3.8, 4) is 0 Å². The number of hydrogen-bond acceptors (Lipinski definition) is 5. The Balaban J connectivity index is 1.46. The van der Waals surface area contributed by atoms with Crippen LogP contribution < -0.4 is 0 Å². The van der Waals surface area contributed by atoms with Gasteiger partial charge in [-0.15, -0.1) is 0 Å². The largest absolute Gasteiger partial charge is 0.444 e. The minimum atomic E-state index is -0.411. The van der Waals surface area contributed by atoms with Gasteiger partial charge in [0.2, 0.25) is 0 Å². The molecule has 6 heteroatoms. The predicted molar refractivity (Wildman–Crippen MR) is 89.8 cm³/mol. The summed E-state index contributed by atoms with van der Waals surface area (Å²) in [6.07, 6.45) is 3.05. The molecular weight excluding hydrogens is 298 g/mol. The molecule has 122 valence electrons. The Morgan fingerprint density at radius 1 is 1.36 bits per heavy atom. The lowest BCUT2D eigenvalue weighted by Gasteiger charge is -2.34. The molecule has 0 unspecified atom stereocenters. The lowest BCUT2D eigenvalue weighted by atomic mass is 9.92. The molecule has 5 nitrogen and oxygen atoms in total. The van der Waals surface area contributed by atoms with Crippen LogP contribution in [0, 0.1) is 5.92 Å². The lowest BCUT2D eigenvalue weighted by molar-refractivity contribution is 0.0183. The van der Waals surface area contributed by atoms with Gasteiger partial charge in [0.1, 0.15) is 5.60 Å². The van der Waals surface area contributed by atoms with Gasteiger partial charge in [-0.25, -0.2) is 4.79 Å². The van der Waals surface area contributed by atoms with Gasteiger partial charge >= 0.3 is 6.09 Å². The molecule has 0 aromatic heterocycles. The Bertz CT molecular complexity index is 502. The van der Waals surface area contributed by atoms with Crippen LogP contribution in [0.3, 0.4) is 0 Å². The summed E-state index contributed by atoms with van der Waals surface area (Å²) in [4.78, 5) is 20.8. The lowest BCUT2D eigenvalue weighted by Crippen LogP contribution is -2.42. The van der Waals surface area contributed by atoms with E-state index >= 15 is 0 Å². The highest BCUT2D eigenvalue weighted by atomic mass is 32.2. The van der Waals surface area contributed by atoms with Crippen molar-refractivity contribution in [1.82, 2.24) is 9.80 Å². The third kappa shape index (κ3) is 3.59. The van der Waals surface area contributed by atoms with Crippen LogP contribution in [0.15, 0.2) is 16.1 Å². The van der Waals surface area contributed by atoms with Crippen LogP contribution in [0.5, 0.6) is 0 Å². The Hall–Kier alpha value is -1.17. The molecule has 0 aromatic carbocycles. The summed E-state index contributed by atoms with van der Waals surface area (Å²) in [5, 5.41) is 3.42. The van der Waals surface area contributed by atoms with E-state index in [1.54, 1.807) is 11.8 Å². The van der Waals surface area contributed by atoms with Gasteiger partial charge < -0.3 is 14.5 Å². The number of aliphatic imine (C=N–C) groups is 1. The molecule has 0 aromatic rings. The standard InChI is InChI=1S/C16H25N3O2S/c1-16(2,3)21-15(20)18-7-4-12(5-8-18)10-13-11-22-14-17-6-9-19(13)14/h11-12H,4-10H2,1-3H3. The number of hydrogen-bond donors (Lipinski definition) is 0. The molecular formula is C16H25N3O2S. The van der Waals surface area contributed by atoms with Crippen LogP contribution in [0.25, 0.3) is 0 Å². The first-order valence-corrected chi connectivity index (χ1v) is 8.96. The number of amides is 1. The number of rotatable bonds is 2. The summed E-state index contributed by atoms with van der Waals surface area (Å²) in [5.41, 5.74) is 1.00. The van der Waals surface area contributed by atoms with Crippen LogP contribution in [0.1, 0.15) is 40.0 Å². The number of amidine groups is 1. The maximum absolute atomic E-state index is 12.1. The number of piperidine rings is 1. The number of ether oxygens (including phenoxy) is 1. The van der Waals surface area contributed by atoms with Crippen LogP contribution in [0.2, 0.25) is 0 Å². The Labute approximate surface area is 136 Å². The van der Waals surface area contributed by atoms with Crippen LogP contribution in [-0.4, -0.2) is 52.8 Å². The molecule has 1 fully saturated rings. The number of carbonyl (C=O) groups is 1. The second kappa shape index (κ2) is 6.14. The smallest absolute Gasteiger partial charge is 0.410 e. The summed E-state index contributed by atoms with van der Waals surface area (Å²) in [6.45, 7) is 9.31. The SMILES string of the molecule is CC(C)(C)OC(=O)N1CCC(CC2=CSC3=NCCN23)CC1. The van der Waals surface area contributed by atoms with Crippen molar-refractivity contribution in [2.24, 2.45) is 10.9 Å². The zero-order valence-corrected chi connectivity index (χ0v) is 14.5. The number of nitrogens with zero attached hydrogens (tertiary/aromatic N) is 3. The van der Waals surface area contributed by atoms with Crippen molar-refractivity contribution in [1.29, 1.82) is 0 Å². The fourth-order valence-electron chi connectivity index (χ4n) is 3.08. The highest BCUT2D eigenvalue weighted by Gasteiger charge is 2.31. The van der Waals surface area contributed by atoms with Crippen molar-refractivity contribution < 1.29 is 9.53 Å². The third-order valence-electron chi connectivity index (χ3n) is 4.21. The zero-order valence-electron chi connectivity index (χ0n) is 13.7. The topological polar surface area (TPSA) is 45.1 Å². The molecule has 0 bridgehead atoms. The van der Waals surface area contributed by atoms with E-state index in [2.05, 4.69) is 15.3 Å². The molecule has 0 atom stereocenters. The molecule has 1 amide bonds.